The van der Waals surface area contributed by atoms with Crippen molar-refractivity contribution in [2.45, 2.75) is 32.0 Å². The first-order chi connectivity index (χ1) is 8.88. The number of nitrogens with two attached hydrogens (primary N) is 1. The van der Waals surface area contributed by atoms with Crippen LogP contribution in [0.15, 0.2) is 24.3 Å². The minimum atomic E-state index is -4.05. The average molecular weight is 272 g/mol. The number of alkyl halides is 3. The average Bonchev–Trinajstić information content (AvgIpc) is 2.37. The largest absolute Gasteiger partial charge is 0.399 e. The summed E-state index contributed by atoms with van der Waals surface area (Å²) in [6.45, 7) is 2.99. The summed E-state index contributed by atoms with van der Waals surface area (Å²) in [5.41, 5.74) is 7.49. The van der Waals surface area contributed by atoms with Crippen molar-refractivity contribution in [2.75, 3.05) is 18.8 Å². The van der Waals surface area contributed by atoms with E-state index in [0.29, 0.717) is 18.8 Å². The van der Waals surface area contributed by atoms with Crippen molar-refractivity contribution in [3.05, 3.63) is 29.8 Å². The van der Waals surface area contributed by atoms with Crippen LogP contribution in [-0.2, 0) is 0 Å². The molecule has 1 aliphatic rings. The van der Waals surface area contributed by atoms with Crippen molar-refractivity contribution in [1.82, 2.24) is 4.90 Å². The molecule has 1 aromatic carbocycles. The molecule has 0 aromatic heterocycles. The summed E-state index contributed by atoms with van der Waals surface area (Å²) in [5.74, 6) is -1.14. The van der Waals surface area contributed by atoms with E-state index in [1.807, 2.05) is 31.2 Å². The molecule has 0 spiro atoms. The zero-order valence-corrected chi connectivity index (χ0v) is 11.0. The van der Waals surface area contributed by atoms with Gasteiger partial charge in [-0.2, -0.15) is 13.2 Å². The van der Waals surface area contributed by atoms with Gasteiger partial charge in [0.1, 0.15) is 0 Å². The molecule has 2 rings (SSSR count). The maximum atomic E-state index is 12.6. The van der Waals surface area contributed by atoms with Crippen molar-refractivity contribution in [1.29, 1.82) is 0 Å². The van der Waals surface area contributed by atoms with E-state index in [9.17, 15) is 13.2 Å². The number of nitrogen functional groups attached to an aromatic ring is 1. The molecule has 1 heterocycles. The maximum absolute atomic E-state index is 12.6. The van der Waals surface area contributed by atoms with Crippen LogP contribution in [0.1, 0.15) is 31.4 Å². The second kappa shape index (κ2) is 5.41. The Kier molecular flexibility index (Phi) is 4.04. The molecule has 0 bridgehead atoms. The highest BCUT2D eigenvalue weighted by Crippen LogP contribution is 2.36. The van der Waals surface area contributed by atoms with Crippen LogP contribution < -0.4 is 5.73 Å². The van der Waals surface area contributed by atoms with E-state index < -0.39 is 12.1 Å². The first-order valence-electron chi connectivity index (χ1n) is 6.54. The van der Waals surface area contributed by atoms with Crippen molar-refractivity contribution in [2.24, 2.45) is 5.92 Å². The summed E-state index contributed by atoms with van der Waals surface area (Å²) in [7, 11) is 0. The number of nitrogens with zero attached hydrogens (tertiary/aromatic N) is 1. The van der Waals surface area contributed by atoms with Gasteiger partial charge >= 0.3 is 6.18 Å². The standard InChI is InChI=1S/C14H19F3N2/c1-10(11-3-2-4-13(18)9-11)19-7-5-12(6-8-19)14(15,16)17/h2-4,9-10,12H,5-8,18H2,1H3. The molecule has 1 saturated heterocycles. The zero-order chi connectivity index (χ0) is 14.0. The summed E-state index contributed by atoms with van der Waals surface area (Å²) in [4.78, 5) is 2.09. The highest BCUT2D eigenvalue weighted by Gasteiger charge is 2.41. The quantitative estimate of drug-likeness (QED) is 0.833. The molecule has 5 heteroatoms. The van der Waals surface area contributed by atoms with Gasteiger partial charge in [-0.1, -0.05) is 12.1 Å². The van der Waals surface area contributed by atoms with Gasteiger partial charge in [0.2, 0.25) is 0 Å². The van der Waals surface area contributed by atoms with Crippen LogP contribution in [0.3, 0.4) is 0 Å². The lowest BCUT2D eigenvalue weighted by Gasteiger charge is -2.36. The second-order valence-corrected chi connectivity index (χ2v) is 5.20. The van der Waals surface area contributed by atoms with Gasteiger partial charge in [0.05, 0.1) is 5.92 Å². The van der Waals surface area contributed by atoms with Crippen LogP contribution in [-0.4, -0.2) is 24.2 Å². The highest BCUT2D eigenvalue weighted by atomic mass is 19.4. The third kappa shape index (κ3) is 3.41. The van der Waals surface area contributed by atoms with Crippen LogP contribution in [0.25, 0.3) is 0 Å². The smallest absolute Gasteiger partial charge is 0.391 e. The van der Waals surface area contributed by atoms with Gasteiger partial charge in [-0.25, -0.2) is 0 Å². The van der Waals surface area contributed by atoms with Gasteiger partial charge in [0, 0.05) is 11.7 Å². The van der Waals surface area contributed by atoms with Crippen molar-refractivity contribution in [3.63, 3.8) is 0 Å². The SMILES string of the molecule is CC(c1cccc(N)c1)N1CCC(C(F)(F)F)CC1. The van der Waals surface area contributed by atoms with E-state index in [0.717, 1.165) is 5.56 Å². The van der Waals surface area contributed by atoms with E-state index >= 15 is 0 Å². The fourth-order valence-electron chi connectivity index (χ4n) is 2.64. The van der Waals surface area contributed by atoms with Crippen LogP contribution in [0.4, 0.5) is 18.9 Å². The van der Waals surface area contributed by atoms with E-state index in [1.165, 1.54) is 0 Å². The maximum Gasteiger partial charge on any atom is 0.391 e. The number of likely N-dealkylation sites (tertiary alicyclic amines) is 1. The molecule has 0 radical (unpaired) electrons. The summed E-state index contributed by atoms with van der Waals surface area (Å²) < 4.78 is 37.8. The number of rotatable bonds is 2. The predicted molar refractivity (Wildman–Crippen MR) is 69.6 cm³/mol. The molecule has 1 aliphatic heterocycles. The first kappa shape index (κ1) is 14.2. The Hall–Kier alpha value is -1.23. The lowest BCUT2D eigenvalue weighted by molar-refractivity contribution is -0.186. The summed E-state index contributed by atoms with van der Waals surface area (Å²) in [5, 5.41) is 0. The van der Waals surface area contributed by atoms with Crippen LogP contribution in [0, 0.1) is 5.92 Å². The molecule has 0 amide bonds. The van der Waals surface area contributed by atoms with Gasteiger partial charge in [0.25, 0.3) is 0 Å². The molecular formula is C14H19F3N2. The fourth-order valence-corrected chi connectivity index (χ4v) is 2.64. The number of piperidine rings is 1. The van der Waals surface area contributed by atoms with Gasteiger partial charge in [-0.05, 0) is 50.6 Å². The van der Waals surface area contributed by atoms with E-state index in [-0.39, 0.29) is 18.9 Å². The topological polar surface area (TPSA) is 29.3 Å². The number of hydrogen-bond donors (Lipinski definition) is 1. The van der Waals surface area contributed by atoms with Gasteiger partial charge in [-0.3, -0.25) is 4.90 Å². The Labute approximate surface area is 111 Å². The molecule has 0 aliphatic carbocycles. The first-order valence-corrected chi connectivity index (χ1v) is 6.54. The third-order valence-corrected chi connectivity index (χ3v) is 3.93. The Morgan fingerprint density at radius 2 is 1.89 bits per heavy atom. The molecule has 1 aromatic rings. The molecule has 1 atom stereocenters. The highest BCUT2D eigenvalue weighted by molar-refractivity contribution is 5.41. The number of anilines is 1. The normalized spacial score (nSPS) is 20.4. The van der Waals surface area contributed by atoms with Gasteiger partial charge < -0.3 is 5.73 Å². The monoisotopic (exact) mass is 272 g/mol. The molecule has 1 unspecified atom stereocenters. The minimum absolute atomic E-state index is 0.109. The minimum Gasteiger partial charge on any atom is -0.399 e. The Morgan fingerprint density at radius 3 is 2.42 bits per heavy atom. The number of benzene rings is 1. The molecule has 106 valence electrons. The summed E-state index contributed by atoms with van der Waals surface area (Å²) in [6.07, 6.45) is -3.67. The predicted octanol–water partition coefficient (Wildman–Crippen LogP) is 3.60. The Balaban J connectivity index is 1.98. The van der Waals surface area contributed by atoms with Crippen LogP contribution >= 0.6 is 0 Å². The summed E-state index contributed by atoms with van der Waals surface area (Å²) in [6, 6.07) is 7.66. The molecule has 0 saturated carbocycles. The second-order valence-electron chi connectivity index (χ2n) is 5.20. The van der Waals surface area contributed by atoms with E-state index in [4.69, 9.17) is 5.73 Å². The number of halogens is 3. The summed E-state index contributed by atoms with van der Waals surface area (Å²) >= 11 is 0. The molecular weight excluding hydrogens is 253 g/mol. The third-order valence-electron chi connectivity index (χ3n) is 3.93. The van der Waals surface area contributed by atoms with Crippen molar-refractivity contribution in [3.8, 4) is 0 Å². The lowest BCUT2D eigenvalue weighted by Crippen LogP contribution is -2.40. The molecule has 19 heavy (non-hydrogen) atoms. The zero-order valence-electron chi connectivity index (χ0n) is 11.0. The molecule has 1 fully saturated rings. The van der Waals surface area contributed by atoms with Crippen molar-refractivity contribution >= 4 is 5.69 Å². The molecule has 2 nitrogen and oxygen atoms in total. The van der Waals surface area contributed by atoms with Gasteiger partial charge in [0.15, 0.2) is 0 Å². The van der Waals surface area contributed by atoms with E-state index in [2.05, 4.69) is 4.90 Å². The van der Waals surface area contributed by atoms with Gasteiger partial charge in [-0.15, -0.1) is 0 Å². The Morgan fingerprint density at radius 1 is 1.26 bits per heavy atom. The Bertz CT molecular complexity index is 423. The lowest BCUT2D eigenvalue weighted by atomic mass is 9.94. The van der Waals surface area contributed by atoms with E-state index in [1.54, 1.807) is 0 Å². The van der Waals surface area contributed by atoms with Crippen molar-refractivity contribution < 1.29 is 13.2 Å². The van der Waals surface area contributed by atoms with Crippen LogP contribution in [0.5, 0.6) is 0 Å². The molecule has 2 N–H and O–H groups in total. The fraction of sp³-hybridized carbons (Fsp3) is 0.571. The number of hydrogen-bond acceptors (Lipinski definition) is 2. The van der Waals surface area contributed by atoms with Crippen LogP contribution in [0.2, 0.25) is 0 Å².